The van der Waals surface area contributed by atoms with Crippen LogP contribution in [-0.2, 0) is 9.53 Å². The van der Waals surface area contributed by atoms with Crippen molar-refractivity contribution in [2.45, 2.75) is 38.7 Å². The summed E-state index contributed by atoms with van der Waals surface area (Å²) in [6.45, 7) is 6.43. The van der Waals surface area contributed by atoms with Gasteiger partial charge in [-0.3, -0.25) is 4.79 Å². The fraction of sp³-hybridized carbons (Fsp3) is 0.917. The Kier molecular flexibility index (Phi) is 5.12. The van der Waals surface area contributed by atoms with Crippen LogP contribution in [0.1, 0.15) is 33.1 Å². The van der Waals surface area contributed by atoms with Crippen molar-refractivity contribution in [2.75, 3.05) is 25.9 Å². The summed E-state index contributed by atoms with van der Waals surface area (Å²) in [5.74, 6) is 0.943. The Morgan fingerprint density at radius 1 is 1.44 bits per heavy atom. The van der Waals surface area contributed by atoms with E-state index in [1.54, 1.807) is 4.90 Å². The lowest BCUT2D eigenvalue weighted by Crippen LogP contribution is -3.10. The zero-order valence-electron chi connectivity index (χ0n) is 10.6. The van der Waals surface area contributed by atoms with Crippen LogP contribution in [0.4, 0.5) is 0 Å². The Hall–Kier alpha value is -0.220. The predicted octanol–water partition coefficient (Wildman–Crippen LogP) is 0.553. The molecule has 0 atom stereocenters. The molecule has 0 amide bonds. The smallest absolute Gasteiger partial charge is 0.307 e. The minimum atomic E-state index is -0.319. The summed E-state index contributed by atoms with van der Waals surface area (Å²) in [5, 5.41) is 0. The Morgan fingerprint density at radius 2 is 2.00 bits per heavy atom. The molecule has 0 radical (unpaired) electrons. The summed E-state index contributed by atoms with van der Waals surface area (Å²) in [7, 11) is 2.22. The van der Waals surface area contributed by atoms with Crippen LogP contribution in [0.25, 0.3) is 0 Å². The van der Waals surface area contributed by atoms with E-state index in [-0.39, 0.29) is 11.6 Å². The molecule has 1 saturated heterocycles. The largest absolute Gasteiger partial charge is 0.459 e. The molecule has 1 N–H and O–H groups in total. The maximum absolute atomic E-state index is 11.5. The number of thiol groups is 1. The van der Waals surface area contributed by atoms with Crippen molar-refractivity contribution in [3.63, 3.8) is 0 Å². The van der Waals surface area contributed by atoms with E-state index in [1.807, 2.05) is 13.8 Å². The number of hydrogen-bond donors (Lipinski definition) is 2. The SMILES string of the molecule is C[NH+]1CCC(C(C)(C)OC(=O)CCS)CC1. The number of likely N-dealkylation sites (tertiary alicyclic amines) is 1. The number of carbonyl (C=O) groups is 1. The van der Waals surface area contributed by atoms with E-state index in [1.165, 1.54) is 13.1 Å². The number of hydrogen-bond acceptors (Lipinski definition) is 3. The van der Waals surface area contributed by atoms with Crippen molar-refractivity contribution >= 4 is 18.6 Å². The Morgan fingerprint density at radius 3 is 2.50 bits per heavy atom. The number of esters is 1. The van der Waals surface area contributed by atoms with E-state index in [0.29, 0.717) is 18.1 Å². The lowest BCUT2D eigenvalue weighted by atomic mass is 9.83. The Bertz CT molecular complexity index is 235. The highest BCUT2D eigenvalue weighted by Gasteiger charge is 2.36. The zero-order valence-corrected chi connectivity index (χ0v) is 11.5. The summed E-state index contributed by atoms with van der Waals surface area (Å²) in [6, 6.07) is 0. The van der Waals surface area contributed by atoms with Crippen LogP contribution in [0.2, 0.25) is 0 Å². The number of rotatable bonds is 4. The van der Waals surface area contributed by atoms with E-state index in [9.17, 15) is 4.79 Å². The van der Waals surface area contributed by atoms with Gasteiger partial charge >= 0.3 is 5.97 Å². The van der Waals surface area contributed by atoms with Crippen LogP contribution in [-0.4, -0.2) is 37.5 Å². The fourth-order valence-electron chi connectivity index (χ4n) is 2.32. The lowest BCUT2D eigenvalue weighted by Gasteiger charge is -2.37. The first kappa shape index (κ1) is 13.8. The first-order valence-electron chi connectivity index (χ1n) is 6.09. The van der Waals surface area contributed by atoms with Crippen molar-refractivity contribution in [3.05, 3.63) is 0 Å². The van der Waals surface area contributed by atoms with Crippen LogP contribution in [0.5, 0.6) is 0 Å². The first-order valence-corrected chi connectivity index (χ1v) is 6.73. The third-order valence-electron chi connectivity index (χ3n) is 3.52. The average Bonchev–Trinajstić information content (AvgIpc) is 2.17. The van der Waals surface area contributed by atoms with Gasteiger partial charge < -0.3 is 9.64 Å². The van der Waals surface area contributed by atoms with Gasteiger partial charge in [0.1, 0.15) is 5.60 Å². The van der Waals surface area contributed by atoms with Gasteiger partial charge in [-0.25, -0.2) is 0 Å². The zero-order chi connectivity index (χ0) is 12.2. The van der Waals surface area contributed by atoms with Crippen molar-refractivity contribution < 1.29 is 14.4 Å². The van der Waals surface area contributed by atoms with Crippen LogP contribution in [0.15, 0.2) is 0 Å². The molecular weight excluding hydrogens is 222 g/mol. The number of carbonyl (C=O) groups excluding carboxylic acids is 1. The lowest BCUT2D eigenvalue weighted by molar-refractivity contribution is -0.886. The molecule has 1 aliphatic heterocycles. The molecule has 0 aromatic carbocycles. The highest BCUT2D eigenvalue weighted by molar-refractivity contribution is 7.80. The molecule has 0 spiro atoms. The molecular formula is C12H24NO2S+. The van der Waals surface area contributed by atoms with Crippen molar-refractivity contribution in [1.29, 1.82) is 0 Å². The van der Waals surface area contributed by atoms with Crippen molar-refractivity contribution in [1.82, 2.24) is 0 Å². The van der Waals surface area contributed by atoms with Crippen LogP contribution in [0, 0.1) is 5.92 Å². The summed E-state index contributed by atoms with van der Waals surface area (Å²) in [6.07, 6.45) is 2.70. The molecule has 3 nitrogen and oxygen atoms in total. The van der Waals surface area contributed by atoms with Crippen LogP contribution >= 0.6 is 12.6 Å². The number of ether oxygens (including phenoxy) is 1. The fourth-order valence-corrected chi connectivity index (χ4v) is 2.51. The quantitative estimate of drug-likeness (QED) is 0.561. The van der Waals surface area contributed by atoms with Gasteiger partial charge in [0.05, 0.1) is 26.6 Å². The summed E-state index contributed by atoms with van der Waals surface area (Å²) < 4.78 is 5.56. The summed E-state index contributed by atoms with van der Waals surface area (Å²) in [4.78, 5) is 13.1. The monoisotopic (exact) mass is 246 g/mol. The number of quaternary nitrogens is 1. The molecule has 94 valence electrons. The van der Waals surface area contributed by atoms with E-state index in [4.69, 9.17) is 4.74 Å². The minimum absolute atomic E-state index is 0.119. The molecule has 0 bridgehead atoms. The highest BCUT2D eigenvalue weighted by atomic mass is 32.1. The van der Waals surface area contributed by atoms with E-state index >= 15 is 0 Å². The molecule has 1 rings (SSSR count). The normalized spacial score (nSPS) is 26.5. The van der Waals surface area contributed by atoms with E-state index in [0.717, 1.165) is 12.8 Å². The summed E-state index contributed by atoms with van der Waals surface area (Å²) in [5.41, 5.74) is -0.319. The Balaban J connectivity index is 2.46. The Labute approximate surface area is 104 Å². The van der Waals surface area contributed by atoms with Crippen molar-refractivity contribution in [3.8, 4) is 0 Å². The molecule has 0 unspecified atom stereocenters. The van der Waals surface area contributed by atoms with Gasteiger partial charge in [-0.1, -0.05) is 0 Å². The standard InChI is InChI=1S/C12H23NO2S/c1-12(2,15-11(14)6-9-16)10-4-7-13(3)8-5-10/h10,16H,4-9H2,1-3H3/p+1. The second kappa shape index (κ2) is 5.92. The average molecular weight is 246 g/mol. The second-order valence-electron chi connectivity index (χ2n) is 5.28. The predicted molar refractivity (Wildman–Crippen MR) is 68.0 cm³/mol. The molecule has 16 heavy (non-hydrogen) atoms. The van der Waals surface area contributed by atoms with Gasteiger partial charge in [-0.05, 0) is 13.8 Å². The van der Waals surface area contributed by atoms with E-state index in [2.05, 4.69) is 19.7 Å². The third-order valence-corrected chi connectivity index (χ3v) is 3.74. The molecule has 4 heteroatoms. The molecule has 0 saturated carbocycles. The molecule has 0 aliphatic carbocycles. The van der Waals surface area contributed by atoms with Gasteiger partial charge in [0.2, 0.25) is 0 Å². The minimum Gasteiger partial charge on any atom is -0.459 e. The molecule has 1 fully saturated rings. The molecule has 1 aliphatic rings. The van der Waals surface area contributed by atoms with Gasteiger partial charge in [0.15, 0.2) is 0 Å². The molecule has 0 aromatic heterocycles. The van der Waals surface area contributed by atoms with Gasteiger partial charge in [-0.2, -0.15) is 12.6 Å². The van der Waals surface area contributed by atoms with E-state index < -0.39 is 0 Å². The first-order chi connectivity index (χ1) is 7.45. The van der Waals surface area contributed by atoms with Gasteiger partial charge in [-0.15, -0.1) is 0 Å². The van der Waals surface area contributed by atoms with Crippen LogP contribution in [0.3, 0.4) is 0 Å². The number of nitrogens with one attached hydrogen (secondary N) is 1. The molecule has 0 aromatic rings. The summed E-state index contributed by atoms with van der Waals surface area (Å²) >= 11 is 4.04. The maximum atomic E-state index is 11.5. The number of piperidine rings is 1. The van der Waals surface area contributed by atoms with Gasteiger partial charge in [0.25, 0.3) is 0 Å². The van der Waals surface area contributed by atoms with Crippen molar-refractivity contribution in [2.24, 2.45) is 5.92 Å². The second-order valence-corrected chi connectivity index (χ2v) is 5.73. The van der Waals surface area contributed by atoms with Gasteiger partial charge in [0, 0.05) is 24.5 Å². The van der Waals surface area contributed by atoms with Crippen LogP contribution < -0.4 is 4.90 Å². The third kappa shape index (κ3) is 3.98. The topological polar surface area (TPSA) is 30.7 Å². The highest BCUT2D eigenvalue weighted by Crippen LogP contribution is 2.28. The molecule has 1 heterocycles. The maximum Gasteiger partial charge on any atom is 0.307 e.